The number of aryl methyl sites for hydroxylation is 1. The van der Waals surface area contributed by atoms with E-state index >= 15 is 0 Å². The highest BCUT2D eigenvalue weighted by Gasteiger charge is 2.24. The Bertz CT molecular complexity index is 420. The molecule has 1 rings (SSSR count). The first kappa shape index (κ1) is 12.7. The summed E-state index contributed by atoms with van der Waals surface area (Å²) >= 11 is 1.29. The van der Waals surface area contributed by atoms with Gasteiger partial charge in [-0.1, -0.05) is 6.92 Å². The molecule has 88 valence electrons. The van der Waals surface area contributed by atoms with Crippen LogP contribution in [0, 0.1) is 6.92 Å². The van der Waals surface area contributed by atoms with Crippen LogP contribution in [0.25, 0.3) is 0 Å². The molecule has 0 bridgehead atoms. The Morgan fingerprint density at radius 1 is 1.19 bits per heavy atom. The summed E-state index contributed by atoms with van der Waals surface area (Å²) in [5, 5.41) is 0. The molecular formula is C11H14O4S. The minimum Gasteiger partial charge on any atom is -0.465 e. The van der Waals surface area contributed by atoms with Gasteiger partial charge in [-0.2, -0.15) is 0 Å². The van der Waals surface area contributed by atoms with Gasteiger partial charge in [0.2, 0.25) is 0 Å². The molecule has 0 aliphatic heterocycles. The lowest BCUT2D eigenvalue weighted by Crippen LogP contribution is -2.06. The zero-order chi connectivity index (χ0) is 12.3. The number of rotatable bonds is 3. The van der Waals surface area contributed by atoms with E-state index < -0.39 is 11.9 Å². The molecule has 0 saturated heterocycles. The Kier molecular flexibility index (Phi) is 4.06. The zero-order valence-electron chi connectivity index (χ0n) is 9.75. The maximum absolute atomic E-state index is 11.6. The summed E-state index contributed by atoms with van der Waals surface area (Å²) in [6.45, 7) is 3.66. The Hall–Kier alpha value is -1.36. The quantitative estimate of drug-likeness (QED) is 0.762. The van der Waals surface area contributed by atoms with E-state index in [9.17, 15) is 9.59 Å². The van der Waals surface area contributed by atoms with E-state index in [4.69, 9.17) is 4.74 Å². The molecule has 4 nitrogen and oxygen atoms in total. The average Bonchev–Trinajstić information content (AvgIpc) is 2.64. The van der Waals surface area contributed by atoms with Gasteiger partial charge in [-0.15, -0.1) is 11.3 Å². The summed E-state index contributed by atoms with van der Waals surface area (Å²) in [4.78, 5) is 24.4. The van der Waals surface area contributed by atoms with E-state index in [1.807, 2.05) is 6.92 Å². The molecule has 0 spiro atoms. The third-order valence-electron chi connectivity index (χ3n) is 2.30. The van der Waals surface area contributed by atoms with Crippen LogP contribution in [0.5, 0.6) is 0 Å². The van der Waals surface area contributed by atoms with Crippen molar-refractivity contribution in [3.05, 3.63) is 20.9 Å². The smallest absolute Gasteiger partial charge is 0.348 e. The van der Waals surface area contributed by atoms with Crippen molar-refractivity contribution in [3.8, 4) is 0 Å². The molecule has 5 heteroatoms. The highest BCUT2D eigenvalue weighted by atomic mass is 32.1. The monoisotopic (exact) mass is 242 g/mol. The van der Waals surface area contributed by atoms with Crippen LogP contribution in [0.2, 0.25) is 0 Å². The molecule has 0 aliphatic carbocycles. The van der Waals surface area contributed by atoms with Crippen molar-refractivity contribution in [2.45, 2.75) is 20.3 Å². The predicted molar refractivity (Wildman–Crippen MR) is 61.1 cm³/mol. The summed E-state index contributed by atoms with van der Waals surface area (Å²) < 4.78 is 9.36. The molecule has 0 unspecified atom stereocenters. The van der Waals surface area contributed by atoms with E-state index in [-0.39, 0.29) is 0 Å². The number of methoxy groups -OCH3 is 2. The molecule has 1 aromatic rings. The standard InChI is InChI=1S/C11H14O4S/c1-5-7-8(10(12)14-3)6(2)9(16-7)11(13)15-4/h5H2,1-4H3. The Morgan fingerprint density at radius 2 is 1.75 bits per heavy atom. The van der Waals surface area contributed by atoms with Gasteiger partial charge in [-0.25, -0.2) is 9.59 Å². The second-order valence-corrected chi connectivity index (χ2v) is 4.30. The van der Waals surface area contributed by atoms with Crippen LogP contribution in [0.1, 0.15) is 37.4 Å². The molecule has 0 radical (unpaired) electrons. The lowest BCUT2D eigenvalue weighted by atomic mass is 10.1. The number of carbonyl (C=O) groups is 2. The van der Waals surface area contributed by atoms with Gasteiger partial charge < -0.3 is 9.47 Å². The van der Waals surface area contributed by atoms with Gasteiger partial charge in [-0.3, -0.25) is 0 Å². The second-order valence-electron chi connectivity index (χ2n) is 3.19. The first-order valence-electron chi connectivity index (χ1n) is 4.85. The Labute approximate surface area is 98.2 Å². The molecule has 0 amide bonds. The van der Waals surface area contributed by atoms with Gasteiger partial charge in [0.15, 0.2) is 0 Å². The molecule has 0 aliphatic rings. The molecule has 0 fully saturated rings. The maximum Gasteiger partial charge on any atom is 0.348 e. The molecule has 0 N–H and O–H groups in total. The fraction of sp³-hybridized carbons (Fsp3) is 0.455. The SMILES string of the molecule is CCc1sc(C(=O)OC)c(C)c1C(=O)OC. The lowest BCUT2D eigenvalue weighted by Gasteiger charge is -2.01. The van der Waals surface area contributed by atoms with Crippen molar-refractivity contribution in [2.24, 2.45) is 0 Å². The third kappa shape index (κ3) is 2.09. The largest absolute Gasteiger partial charge is 0.465 e. The molecule has 0 aromatic carbocycles. The number of esters is 2. The highest BCUT2D eigenvalue weighted by Crippen LogP contribution is 2.29. The normalized spacial score (nSPS) is 10.0. The van der Waals surface area contributed by atoms with Gasteiger partial charge in [-0.05, 0) is 18.9 Å². The number of ether oxygens (including phenoxy) is 2. The summed E-state index contributed by atoms with van der Waals surface area (Å²) in [7, 11) is 2.65. The van der Waals surface area contributed by atoms with Crippen LogP contribution in [0.3, 0.4) is 0 Å². The lowest BCUT2D eigenvalue weighted by molar-refractivity contribution is 0.0599. The number of thiophene rings is 1. The zero-order valence-corrected chi connectivity index (χ0v) is 10.6. The van der Waals surface area contributed by atoms with Crippen molar-refractivity contribution in [3.63, 3.8) is 0 Å². The van der Waals surface area contributed by atoms with Gasteiger partial charge in [0.05, 0.1) is 19.8 Å². The van der Waals surface area contributed by atoms with Crippen LogP contribution in [-0.4, -0.2) is 26.2 Å². The molecule has 1 aromatic heterocycles. The number of carbonyl (C=O) groups excluding carboxylic acids is 2. The first-order valence-corrected chi connectivity index (χ1v) is 5.67. The van der Waals surface area contributed by atoms with E-state index in [0.29, 0.717) is 22.4 Å². The highest BCUT2D eigenvalue weighted by molar-refractivity contribution is 7.14. The predicted octanol–water partition coefficient (Wildman–Crippen LogP) is 2.19. The topological polar surface area (TPSA) is 52.6 Å². The van der Waals surface area contributed by atoms with Crippen molar-refractivity contribution in [1.82, 2.24) is 0 Å². The van der Waals surface area contributed by atoms with Crippen LogP contribution in [0.4, 0.5) is 0 Å². The summed E-state index contributed by atoms with van der Waals surface area (Å²) in [5.74, 6) is -0.812. The fourth-order valence-corrected chi connectivity index (χ4v) is 2.63. The van der Waals surface area contributed by atoms with Gasteiger partial charge in [0.25, 0.3) is 0 Å². The van der Waals surface area contributed by atoms with Gasteiger partial charge >= 0.3 is 11.9 Å². The summed E-state index contributed by atoms with van der Waals surface area (Å²) in [6.07, 6.45) is 0.687. The maximum atomic E-state index is 11.6. The molecule has 0 atom stereocenters. The van der Waals surface area contributed by atoms with Gasteiger partial charge in [0.1, 0.15) is 4.88 Å². The van der Waals surface area contributed by atoms with Crippen LogP contribution >= 0.6 is 11.3 Å². The first-order chi connectivity index (χ1) is 7.56. The summed E-state index contributed by atoms with van der Waals surface area (Å²) in [5.41, 5.74) is 1.14. The average molecular weight is 242 g/mol. The molecule has 0 saturated carbocycles. The van der Waals surface area contributed by atoms with Gasteiger partial charge in [0, 0.05) is 4.88 Å². The van der Waals surface area contributed by atoms with Crippen molar-refractivity contribution >= 4 is 23.3 Å². The molecule has 16 heavy (non-hydrogen) atoms. The minimum atomic E-state index is -0.410. The van der Waals surface area contributed by atoms with E-state index in [1.165, 1.54) is 25.6 Å². The fourth-order valence-electron chi connectivity index (χ4n) is 1.48. The van der Waals surface area contributed by atoms with Crippen LogP contribution in [0.15, 0.2) is 0 Å². The van der Waals surface area contributed by atoms with E-state index in [0.717, 1.165) is 4.88 Å². The van der Waals surface area contributed by atoms with Crippen molar-refractivity contribution in [1.29, 1.82) is 0 Å². The number of hydrogen-bond acceptors (Lipinski definition) is 5. The second kappa shape index (κ2) is 5.12. The third-order valence-corrected chi connectivity index (χ3v) is 3.72. The van der Waals surface area contributed by atoms with Crippen LogP contribution in [-0.2, 0) is 15.9 Å². The Balaban J connectivity index is 3.32. The van der Waals surface area contributed by atoms with Crippen LogP contribution < -0.4 is 0 Å². The van der Waals surface area contributed by atoms with E-state index in [1.54, 1.807) is 6.92 Å². The molecular weight excluding hydrogens is 228 g/mol. The Morgan fingerprint density at radius 3 is 2.19 bits per heavy atom. The van der Waals surface area contributed by atoms with E-state index in [2.05, 4.69) is 4.74 Å². The number of hydrogen-bond donors (Lipinski definition) is 0. The van der Waals surface area contributed by atoms with Crippen molar-refractivity contribution < 1.29 is 19.1 Å². The molecule has 1 heterocycles. The van der Waals surface area contributed by atoms with Crippen molar-refractivity contribution in [2.75, 3.05) is 14.2 Å². The summed E-state index contributed by atoms with van der Waals surface area (Å²) in [6, 6.07) is 0. The minimum absolute atomic E-state index is 0.402.